The maximum Gasteiger partial charge on any atom is 0.234 e. The van der Waals surface area contributed by atoms with Crippen LogP contribution in [0, 0.1) is 5.41 Å². The first kappa shape index (κ1) is 14.4. The molecule has 0 radical (unpaired) electrons. The summed E-state index contributed by atoms with van der Waals surface area (Å²) in [6, 6.07) is 0. The molecule has 2 aliphatic heterocycles. The standard InChI is InChI=1S/C16H22N6O/c1-19-9-13(7-17-19)10-21-5-3-16(12-21)4-6-22(15(16)23)14-8-18-20(2)11-14/h7-9,11H,3-6,10,12H2,1-2H3/t16-/m0/s1. The van der Waals surface area contributed by atoms with E-state index >= 15 is 0 Å². The zero-order valence-electron chi connectivity index (χ0n) is 13.6. The third-order valence-corrected chi connectivity index (χ3v) is 5.11. The lowest BCUT2D eigenvalue weighted by molar-refractivity contribution is -0.125. The molecule has 1 atom stereocenters. The smallest absolute Gasteiger partial charge is 0.234 e. The number of amides is 1. The fraction of sp³-hybridized carbons (Fsp3) is 0.562. The monoisotopic (exact) mass is 314 g/mol. The molecule has 0 aliphatic carbocycles. The molecule has 7 nitrogen and oxygen atoms in total. The van der Waals surface area contributed by atoms with Gasteiger partial charge in [-0.05, 0) is 19.4 Å². The second-order valence-corrected chi connectivity index (χ2v) is 6.84. The van der Waals surface area contributed by atoms with Crippen LogP contribution in [0.25, 0.3) is 0 Å². The Morgan fingerprint density at radius 2 is 1.83 bits per heavy atom. The Balaban J connectivity index is 1.46. The van der Waals surface area contributed by atoms with Gasteiger partial charge in [0, 0.05) is 51.7 Å². The number of carbonyl (C=O) groups is 1. The van der Waals surface area contributed by atoms with Gasteiger partial charge in [-0.1, -0.05) is 0 Å². The molecule has 4 rings (SSSR count). The van der Waals surface area contributed by atoms with Crippen molar-refractivity contribution in [1.82, 2.24) is 24.5 Å². The maximum absolute atomic E-state index is 13.0. The fourth-order valence-electron chi connectivity index (χ4n) is 3.90. The van der Waals surface area contributed by atoms with E-state index in [-0.39, 0.29) is 11.3 Å². The summed E-state index contributed by atoms with van der Waals surface area (Å²) in [6.07, 6.45) is 9.53. The average molecular weight is 314 g/mol. The number of likely N-dealkylation sites (tertiary alicyclic amines) is 1. The van der Waals surface area contributed by atoms with Gasteiger partial charge in [-0.15, -0.1) is 0 Å². The largest absolute Gasteiger partial charge is 0.309 e. The topological polar surface area (TPSA) is 59.2 Å². The molecule has 1 amide bonds. The molecule has 1 spiro atoms. The Morgan fingerprint density at radius 3 is 2.52 bits per heavy atom. The SMILES string of the molecule is Cn1cc(CN2CC[C@]3(CCN(c4cnn(C)c4)C3=O)C2)cn1. The van der Waals surface area contributed by atoms with Crippen molar-refractivity contribution < 1.29 is 4.79 Å². The first-order valence-corrected chi connectivity index (χ1v) is 8.06. The Labute approximate surface area is 135 Å². The van der Waals surface area contributed by atoms with Gasteiger partial charge in [-0.2, -0.15) is 10.2 Å². The summed E-state index contributed by atoms with van der Waals surface area (Å²) in [6.45, 7) is 3.49. The highest BCUT2D eigenvalue weighted by atomic mass is 16.2. The summed E-state index contributed by atoms with van der Waals surface area (Å²) in [5.41, 5.74) is 1.91. The lowest BCUT2D eigenvalue weighted by Crippen LogP contribution is -2.36. The van der Waals surface area contributed by atoms with Gasteiger partial charge in [0.25, 0.3) is 0 Å². The molecule has 2 aromatic heterocycles. The van der Waals surface area contributed by atoms with Gasteiger partial charge in [0.15, 0.2) is 0 Å². The van der Waals surface area contributed by atoms with E-state index in [9.17, 15) is 4.79 Å². The molecular formula is C16H22N6O. The first-order valence-electron chi connectivity index (χ1n) is 8.06. The molecular weight excluding hydrogens is 292 g/mol. The van der Waals surface area contributed by atoms with Crippen LogP contribution in [0.15, 0.2) is 24.8 Å². The predicted molar refractivity (Wildman–Crippen MR) is 85.7 cm³/mol. The van der Waals surface area contributed by atoms with E-state index in [4.69, 9.17) is 0 Å². The Kier molecular flexibility index (Phi) is 3.26. The number of nitrogens with zero attached hydrogens (tertiary/aromatic N) is 6. The number of hydrogen-bond donors (Lipinski definition) is 0. The van der Waals surface area contributed by atoms with Crippen molar-refractivity contribution in [2.45, 2.75) is 19.4 Å². The summed E-state index contributed by atoms with van der Waals surface area (Å²) in [5.74, 6) is 0.263. The van der Waals surface area contributed by atoms with Crippen LogP contribution in [0.3, 0.4) is 0 Å². The summed E-state index contributed by atoms with van der Waals surface area (Å²) in [4.78, 5) is 17.3. The van der Waals surface area contributed by atoms with Gasteiger partial charge in [0.1, 0.15) is 0 Å². The molecule has 7 heteroatoms. The van der Waals surface area contributed by atoms with Gasteiger partial charge in [-0.3, -0.25) is 19.1 Å². The molecule has 0 aromatic carbocycles. The molecule has 2 aliphatic rings. The lowest BCUT2D eigenvalue weighted by Gasteiger charge is -2.23. The van der Waals surface area contributed by atoms with Crippen LogP contribution >= 0.6 is 0 Å². The summed E-state index contributed by atoms with van der Waals surface area (Å²) in [5, 5.41) is 8.41. The van der Waals surface area contributed by atoms with Crippen LogP contribution in [0.4, 0.5) is 5.69 Å². The van der Waals surface area contributed by atoms with Crippen molar-refractivity contribution in [3.63, 3.8) is 0 Å². The van der Waals surface area contributed by atoms with Crippen LogP contribution < -0.4 is 4.90 Å². The van der Waals surface area contributed by atoms with Crippen molar-refractivity contribution in [1.29, 1.82) is 0 Å². The number of rotatable bonds is 3. The van der Waals surface area contributed by atoms with Gasteiger partial charge < -0.3 is 4.90 Å². The van der Waals surface area contributed by atoms with Crippen molar-refractivity contribution in [2.24, 2.45) is 19.5 Å². The number of aryl methyl sites for hydroxylation is 2. The lowest BCUT2D eigenvalue weighted by atomic mass is 9.85. The minimum absolute atomic E-state index is 0.210. The highest BCUT2D eigenvalue weighted by molar-refractivity contribution is 6.00. The Bertz CT molecular complexity index is 735. The zero-order valence-corrected chi connectivity index (χ0v) is 13.6. The van der Waals surface area contributed by atoms with Crippen LogP contribution in [0.5, 0.6) is 0 Å². The molecule has 0 bridgehead atoms. The van der Waals surface area contributed by atoms with E-state index < -0.39 is 0 Å². The number of hydrogen-bond acceptors (Lipinski definition) is 4. The summed E-state index contributed by atoms with van der Waals surface area (Å²) >= 11 is 0. The van der Waals surface area contributed by atoms with E-state index in [1.165, 1.54) is 5.56 Å². The zero-order chi connectivity index (χ0) is 16.0. The number of carbonyl (C=O) groups excluding carboxylic acids is 1. The van der Waals surface area contributed by atoms with Crippen LogP contribution in [0.2, 0.25) is 0 Å². The summed E-state index contributed by atoms with van der Waals surface area (Å²) < 4.78 is 3.57. The molecule has 0 N–H and O–H groups in total. The minimum atomic E-state index is -0.210. The predicted octanol–water partition coefficient (Wildman–Crippen LogP) is 0.783. The van der Waals surface area contributed by atoms with Crippen molar-refractivity contribution in [3.8, 4) is 0 Å². The second kappa shape index (κ2) is 5.19. The average Bonchev–Trinajstić information content (AvgIpc) is 3.26. The Morgan fingerprint density at radius 1 is 1.09 bits per heavy atom. The third-order valence-electron chi connectivity index (χ3n) is 5.11. The highest BCUT2D eigenvalue weighted by Gasteiger charge is 2.51. The third kappa shape index (κ3) is 2.45. The minimum Gasteiger partial charge on any atom is -0.309 e. The highest BCUT2D eigenvalue weighted by Crippen LogP contribution is 2.42. The van der Waals surface area contributed by atoms with E-state index in [0.29, 0.717) is 0 Å². The first-order chi connectivity index (χ1) is 11.1. The quantitative estimate of drug-likeness (QED) is 0.840. The fourth-order valence-corrected chi connectivity index (χ4v) is 3.90. The van der Waals surface area contributed by atoms with Crippen LogP contribution in [-0.4, -0.2) is 50.0 Å². The number of aromatic nitrogens is 4. The van der Waals surface area contributed by atoms with E-state index in [0.717, 1.165) is 44.7 Å². The van der Waals surface area contributed by atoms with Crippen LogP contribution in [-0.2, 0) is 25.4 Å². The molecule has 0 saturated carbocycles. The molecule has 2 saturated heterocycles. The van der Waals surface area contributed by atoms with E-state index in [1.54, 1.807) is 10.9 Å². The normalized spacial score (nSPS) is 25.1. The van der Waals surface area contributed by atoms with Crippen molar-refractivity contribution in [2.75, 3.05) is 24.5 Å². The molecule has 2 aromatic rings. The second-order valence-electron chi connectivity index (χ2n) is 6.84. The molecule has 122 valence electrons. The van der Waals surface area contributed by atoms with Gasteiger partial charge in [0.05, 0.1) is 23.5 Å². The van der Waals surface area contributed by atoms with E-state index in [1.807, 2.05) is 42.3 Å². The molecule has 0 unspecified atom stereocenters. The van der Waals surface area contributed by atoms with Gasteiger partial charge >= 0.3 is 0 Å². The van der Waals surface area contributed by atoms with Gasteiger partial charge in [0.2, 0.25) is 5.91 Å². The molecule has 4 heterocycles. The van der Waals surface area contributed by atoms with Gasteiger partial charge in [-0.25, -0.2) is 0 Å². The van der Waals surface area contributed by atoms with Crippen molar-refractivity contribution in [3.05, 3.63) is 30.4 Å². The van der Waals surface area contributed by atoms with Crippen LogP contribution in [0.1, 0.15) is 18.4 Å². The maximum atomic E-state index is 13.0. The Hall–Kier alpha value is -2.15. The number of anilines is 1. The van der Waals surface area contributed by atoms with Crippen molar-refractivity contribution >= 4 is 11.6 Å². The molecule has 23 heavy (non-hydrogen) atoms. The summed E-state index contributed by atoms with van der Waals surface area (Å²) in [7, 11) is 3.81. The van der Waals surface area contributed by atoms with E-state index in [2.05, 4.69) is 15.1 Å². The molecule has 2 fully saturated rings.